The van der Waals surface area contributed by atoms with Gasteiger partial charge in [-0.3, -0.25) is 9.79 Å². The maximum absolute atomic E-state index is 12.3. The van der Waals surface area contributed by atoms with Gasteiger partial charge in [-0.2, -0.15) is 0 Å². The second-order valence-corrected chi connectivity index (χ2v) is 6.98. The topological polar surface area (TPSA) is 41.5 Å². The maximum Gasteiger partial charge on any atom is 0.224 e. The monoisotopic (exact) mass is 354 g/mol. The second kappa shape index (κ2) is 7.58. The molecule has 1 heterocycles. The van der Waals surface area contributed by atoms with Crippen LogP contribution < -0.4 is 5.32 Å². The SMILES string of the molecule is Cc1ccc(CCC(=O)Nc2ccc3c(c2)N=C(c2ccccc2)C3)cc1. The Morgan fingerprint density at radius 3 is 2.56 bits per heavy atom. The van der Waals surface area contributed by atoms with Gasteiger partial charge in [-0.1, -0.05) is 66.2 Å². The largest absolute Gasteiger partial charge is 0.326 e. The molecule has 0 bridgehead atoms. The Hall–Kier alpha value is -3.20. The van der Waals surface area contributed by atoms with Gasteiger partial charge in [-0.15, -0.1) is 0 Å². The normalized spacial score (nSPS) is 12.4. The van der Waals surface area contributed by atoms with Crippen molar-refractivity contribution >= 4 is 23.0 Å². The van der Waals surface area contributed by atoms with Crippen LogP contribution in [0.15, 0.2) is 77.8 Å². The second-order valence-electron chi connectivity index (χ2n) is 6.98. The molecule has 3 nitrogen and oxygen atoms in total. The first-order valence-electron chi connectivity index (χ1n) is 9.29. The molecule has 0 spiro atoms. The van der Waals surface area contributed by atoms with E-state index in [0.717, 1.165) is 35.5 Å². The molecule has 0 aromatic heterocycles. The van der Waals surface area contributed by atoms with Gasteiger partial charge in [0.2, 0.25) is 5.91 Å². The van der Waals surface area contributed by atoms with E-state index in [1.807, 2.05) is 30.3 Å². The van der Waals surface area contributed by atoms with Crippen LogP contribution in [0.3, 0.4) is 0 Å². The van der Waals surface area contributed by atoms with Crippen LogP contribution in [0, 0.1) is 6.92 Å². The lowest BCUT2D eigenvalue weighted by Crippen LogP contribution is -2.12. The quantitative estimate of drug-likeness (QED) is 0.668. The Balaban J connectivity index is 1.40. The van der Waals surface area contributed by atoms with Crippen molar-refractivity contribution in [3.63, 3.8) is 0 Å². The first-order chi connectivity index (χ1) is 13.2. The smallest absolute Gasteiger partial charge is 0.224 e. The zero-order valence-electron chi connectivity index (χ0n) is 15.4. The number of nitrogens with one attached hydrogen (secondary N) is 1. The van der Waals surface area contributed by atoms with Crippen LogP contribution in [-0.4, -0.2) is 11.6 Å². The zero-order chi connectivity index (χ0) is 18.6. The number of hydrogen-bond acceptors (Lipinski definition) is 2. The summed E-state index contributed by atoms with van der Waals surface area (Å²) in [6.45, 7) is 2.07. The number of carbonyl (C=O) groups excluding carboxylic acids is 1. The van der Waals surface area contributed by atoms with E-state index in [0.29, 0.717) is 6.42 Å². The minimum Gasteiger partial charge on any atom is -0.326 e. The van der Waals surface area contributed by atoms with Crippen LogP contribution in [0.2, 0.25) is 0 Å². The highest BCUT2D eigenvalue weighted by Gasteiger charge is 2.16. The summed E-state index contributed by atoms with van der Waals surface area (Å²) in [5, 5.41) is 3.00. The third-order valence-corrected chi connectivity index (χ3v) is 4.85. The minimum atomic E-state index is 0.0285. The van der Waals surface area contributed by atoms with E-state index < -0.39 is 0 Å². The molecule has 1 amide bonds. The lowest BCUT2D eigenvalue weighted by Gasteiger charge is -2.07. The molecule has 0 unspecified atom stereocenters. The minimum absolute atomic E-state index is 0.0285. The highest BCUT2D eigenvalue weighted by Crippen LogP contribution is 2.31. The Bertz CT molecular complexity index is 989. The van der Waals surface area contributed by atoms with E-state index in [1.54, 1.807) is 0 Å². The van der Waals surface area contributed by atoms with Crippen LogP contribution in [0.25, 0.3) is 0 Å². The van der Waals surface area contributed by atoms with Crippen molar-refractivity contribution in [1.29, 1.82) is 0 Å². The molecule has 1 aliphatic rings. The highest BCUT2D eigenvalue weighted by molar-refractivity contribution is 6.06. The number of aryl methyl sites for hydroxylation is 2. The van der Waals surface area contributed by atoms with Gasteiger partial charge >= 0.3 is 0 Å². The van der Waals surface area contributed by atoms with E-state index in [-0.39, 0.29) is 5.91 Å². The fourth-order valence-electron chi connectivity index (χ4n) is 3.29. The summed E-state index contributed by atoms with van der Waals surface area (Å²) in [6.07, 6.45) is 2.05. The van der Waals surface area contributed by atoms with Crippen LogP contribution >= 0.6 is 0 Å². The molecule has 27 heavy (non-hydrogen) atoms. The Morgan fingerprint density at radius 1 is 1.00 bits per heavy atom. The molecule has 4 rings (SSSR count). The van der Waals surface area contributed by atoms with E-state index in [9.17, 15) is 4.79 Å². The summed E-state index contributed by atoms with van der Waals surface area (Å²) in [5.41, 5.74) is 7.60. The van der Waals surface area contributed by atoms with Crippen LogP contribution in [-0.2, 0) is 17.6 Å². The van der Waals surface area contributed by atoms with Gasteiger partial charge in [0, 0.05) is 18.5 Å². The number of hydrogen-bond donors (Lipinski definition) is 1. The molecule has 0 saturated heterocycles. The summed E-state index contributed by atoms with van der Waals surface area (Å²) >= 11 is 0. The van der Waals surface area contributed by atoms with Crippen molar-refractivity contribution in [2.45, 2.75) is 26.2 Å². The van der Waals surface area contributed by atoms with Gasteiger partial charge in [-0.05, 0) is 42.2 Å². The molecular formula is C24H22N2O. The first kappa shape index (κ1) is 17.2. The molecule has 3 heteroatoms. The highest BCUT2D eigenvalue weighted by atomic mass is 16.1. The summed E-state index contributed by atoms with van der Waals surface area (Å²) < 4.78 is 0. The lowest BCUT2D eigenvalue weighted by molar-refractivity contribution is -0.116. The standard InChI is InChI=1S/C24H22N2O/c1-17-7-9-18(10-8-17)11-14-24(27)25-21-13-12-20-15-22(26-23(20)16-21)19-5-3-2-4-6-19/h2-10,12-13,16H,11,14-15H2,1H3,(H,25,27). The number of anilines is 1. The van der Waals surface area contributed by atoms with E-state index in [2.05, 4.69) is 54.7 Å². The number of benzene rings is 3. The maximum atomic E-state index is 12.3. The Labute approximate surface area is 159 Å². The van der Waals surface area contributed by atoms with Gasteiger partial charge in [0.15, 0.2) is 0 Å². The summed E-state index contributed by atoms with van der Waals surface area (Å²) in [7, 11) is 0. The first-order valence-corrected chi connectivity index (χ1v) is 9.29. The number of carbonyl (C=O) groups is 1. The number of rotatable bonds is 5. The molecule has 3 aromatic carbocycles. The van der Waals surface area contributed by atoms with Crippen molar-refractivity contribution in [3.8, 4) is 0 Å². The molecule has 0 radical (unpaired) electrons. The average Bonchev–Trinajstić information content (AvgIpc) is 3.12. The summed E-state index contributed by atoms with van der Waals surface area (Å²) in [5.74, 6) is 0.0285. The molecule has 0 saturated carbocycles. The summed E-state index contributed by atoms with van der Waals surface area (Å²) in [4.78, 5) is 17.0. The average molecular weight is 354 g/mol. The van der Waals surface area contributed by atoms with Gasteiger partial charge in [0.25, 0.3) is 0 Å². The number of fused-ring (bicyclic) bond motifs is 1. The summed E-state index contributed by atoms with van der Waals surface area (Å²) in [6, 6.07) is 24.5. The van der Waals surface area contributed by atoms with Gasteiger partial charge < -0.3 is 5.32 Å². The number of amides is 1. The fourth-order valence-corrected chi connectivity index (χ4v) is 3.29. The Kier molecular flexibility index (Phi) is 4.84. The van der Waals surface area contributed by atoms with Crippen molar-refractivity contribution in [1.82, 2.24) is 0 Å². The van der Waals surface area contributed by atoms with Crippen LogP contribution in [0.5, 0.6) is 0 Å². The van der Waals surface area contributed by atoms with Crippen molar-refractivity contribution in [3.05, 3.63) is 95.1 Å². The van der Waals surface area contributed by atoms with Gasteiger partial charge in [0.1, 0.15) is 0 Å². The van der Waals surface area contributed by atoms with Crippen molar-refractivity contribution in [2.24, 2.45) is 4.99 Å². The molecule has 1 aliphatic heterocycles. The van der Waals surface area contributed by atoms with Gasteiger partial charge in [-0.25, -0.2) is 0 Å². The molecule has 1 N–H and O–H groups in total. The van der Waals surface area contributed by atoms with Crippen molar-refractivity contribution < 1.29 is 4.79 Å². The molecule has 0 aliphatic carbocycles. The van der Waals surface area contributed by atoms with Crippen LogP contribution in [0.1, 0.15) is 28.7 Å². The number of nitrogens with zero attached hydrogens (tertiary/aromatic N) is 1. The van der Waals surface area contributed by atoms with Crippen molar-refractivity contribution in [2.75, 3.05) is 5.32 Å². The molecule has 0 fully saturated rings. The van der Waals surface area contributed by atoms with E-state index in [1.165, 1.54) is 16.7 Å². The third kappa shape index (κ3) is 4.14. The molecule has 3 aromatic rings. The van der Waals surface area contributed by atoms with Crippen LogP contribution in [0.4, 0.5) is 11.4 Å². The van der Waals surface area contributed by atoms with E-state index >= 15 is 0 Å². The number of aliphatic imine (C=N–C) groups is 1. The van der Waals surface area contributed by atoms with Gasteiger partial charge in [0.05, 0.1) is 11.4 Å². The Morgan fingerprint density at radius 2 is 1.78 bits per heavy atom. The molecule has 0 atom stereocenters. The fraction of sp³-hybridized carbons (Fsp3) is 0.167. The third-order valence-electron chi connectivity index (χ3n) is 4.85. The molecular weight excluding hydrogens is 332 g/mol. The van der Waals surface area contributed by atoms with E-state index in [4.69, 9.17) is 4.99 Å². The molecule has 134 valence electrons. The zero-order valence-corrected chi connectivity index (χ0v) is 15.4. The predicted octanol–water partition coefficient (Wildman–Crippen LogP) is 5.24. The predicted molar refractivity (Wildman–Crippen MR) is 111 cm³/mol. The lowest BCUT2D eigenvalue weighted by atomic mass is 10.0.